The van der Waals surface area contributed by atoms with E-state index in [0.29, 0.717) is 6.04 Å². The Labute approximate surface area is 111 Å². The van der Waals surface area contributed by atoms with Crippen LogP contribution in [-0.2, 0) is 6.54 Å². The van der Waals surface area contributed by atoms with E-state index in [2.05, 4.69) is 35.0 Å². The lowest BCUT2D eigenvalue weighted by Gasteiger charge is -2.27. The number of aromatic nitrogens is 2. The minimum Gasteiger partial charge on any atom is -0.309 e. The minimum atomic E-state index is 0.487. The van der Waals surface area contributed by atoms with Crippen molar-refractivity contribution in [3.05, 3.63) is 18.0 Å². The van der Waals surface area contributed by atoms with Crippen LogP contribution < -0.4 is 5.32 Å². The molecule has 3 nitrogen and oxygen atoms in total. The number of rotatable bonds is 6. The van der Waals surface area contributed by atoms with Gasteiger partial charge < -0.3 is 5.32 Å². The third-order valence-corrected chi connectivity index (χ3v) is 4.15. The van der Waals surface area contributed by atoms with Crippen molar-refractivity contribution in [1.82, 2.24) is 15.1 Å². The van der Waals surface area contributed by atoms with E-state index in [1.165, 1.54) is 44.2 Å². The SMILES string of the molecule is CCNC(CC1CCCCC1)c1ccnn1CC. The standard InChI is InChI=1S/C15H27N3/c1-3-16-14(12-13-8-6-5-7-9-13)15-10-11-17-18(15)4-2/h10-11,13-14,16H,3-9,12H2,1-2H3. The summed E-state index contributed by atoms with van der Waals surface area (Å²) >= 11 is 0. The summed E-state index contributed by atoms with van der Waals surface area (Å²) < 4.78 is 2.14. The number of nitrogens with one attached hydrogen (secondary N) is 1. The fraction of sp³-hybridized carbons (Fsp3) is 0.800. The van der Waals surface area contributed by atoms with Crippen molar-refractivity contribution >= 4 is 0 Å². The Hall–Kier alpha value is -0.830. The van der Waals surface area contributed by atoms with Crippen molar-refractivity contribution in [2.45, 2.75) is 65.0 Å². The summed E-state index contributed by atoms with van der Waals surface area (Å²) in [7, 11) is 0. The van der Waals surface area contributed by atoms with Crippen LogP contribution in [0.2, 0.25) is 0 Å². The molecule has 0 bridgehead atoms. The van der Waals surface area contributed by atoms with E-state index in [1.54, 1.807) is 0 Å². The molecule has 18 heavy (non-hydrogen) atoms. The number of aryl methyl sites for hydroxylation is 1. The summed E-state index contributed by atoms with van der Waals surface area (Å²) in [5.41, 5.74) is 1.37. The fourth-order valence-corrected chi connectivity index (χ4v) is 3.21. The van der Waals surface area contributed by atoms with E-state index < -0.39 is 0 Å². The minimum absolute atomic E-state index is 0.487. The Morgan fingerprint density at radius 3 is 2.78 bits per heavy atom. The summed E-state index contributed by atoms with van der Waals surface area (Å²) in [5.74, 6) is 0.906. The summed E-state index contributed by atoms with van der Waals surface area (Å²) in [4.78, 5) is 0. The van der Waals surface area contributed by atoms with E-state index >= 15 is 0 Å². The monoisotopic (exact) mass is 249 g/mol. The van der Waals surface area contributed by atoms with Crippen LogP contribution in [0.15, 0.2) is 12.3 Å². The van der Waals surface area contributed by atoms with Crippen LogP contribution in [0.3, 0.4) is 0 Å². The molecule has 1 unspecified atom stereocenters. The van der Waals surface area contributed by atoms with Crippen molar-refractivity contribution in [3.63, 3.8) is 0 Å². The van der Waals surface area contributed by atoms with Crippen LogP contribution in [0.1, 0.15) is 64.1 Å². The molecule has 1 heterocycles. The second-order valence-corrected chi connectivity index (χ2v) is 5.42. The van der Waals surface area contributed by atoms with Gasteiger partial charge in [-0.15, -0.1) is 0 Å². The lowest BCUT2D eigenvalue weighted by molar-refractivity contribution is 0.295. The molecule has 0 amide bonds. The molecule has 0 spiro atoms. The first-order valence-corrected chi connectivity index (χ1v) is 7.60. The predicted octanol–water partition coefficient (Wildman–Crippen LogP) is 3.52. The van der Waals surface area contributed by atoms with Gasteiger partial charge in [0, 0.05) is 18.8 Å². The van der Waals surface area contributed by atoms with E-state index in [4.69, 9.17) is 0 Å². The highest BCUT2D eigenvalue weighted by atomic mass is 15.3. The average molecular weight is 249 g/mol. The second-order valence-electron chi connectivity index (χ2n) is 5.42. The maximum atomic E-state index is 4.41. The number of hydrogen-bond acceptors (Lipinski definition) is 2. The van der Waals surface area contributed by atoms with E-state index in [0.717, 1.165) is 19.0 Å². The van der Waals surface area contributed by atoms with Crippen LogP contribution in [-0.4, -0.2) is 16.3 Å². The molecule has 1 atom stereocenters. The molecule has 102 valence electrons. The Morgan fingerprint density at radius 2 is 2.11 bits per heavy atom. The largest absolute Gasteiger partial charge is 0.309 e. The first kappa shape index (κ1) is 13.6. The van der Waals surface area contributed by atoms with Crippen molar-refractivity contribution in [2.75, 3.05) is 6.54 Å². The van der Waals surface area contributed by atoms with Crippen LogP contribution >= 0.6 is 0 Å². The summed E-state index contributed by atoms with van der Waals surface area (Å²) in [6, 6.07) is 2.67. The molecule has 3 heteroatoms. The first-order chi connectivity index (χ1) is 8.85. The van der Waals surface area contributed by atoms with Crippen LogP contribution in [0, 0.1) is 5.92 Å². The zero-order chi connectivity index (χ0) is 12.8. The van der Waals surface area contributed by atoms with Gasteiger partial charge in [0.25, 0.3) is 0 Å². The molecule has 0 radical (unpaired) electrons. The van der Waals surface area contributed by atoms with Crippen molar-refractivity contribution in [2.24, 2.45) is 5.92 Å². The first-order valence-electron chi connectivity index (χ1n) is 7.60. The van der Waals surface area contributed by atoms with Gasteiger partial charge in [-0.1, -0.05) is 39.0 Å². The third kappa shape index (κ3) is 3.35. The Morgan fingerprint density at radius 1 is 1.33 bits per heavy atom. The maximum absolute atomic E-state index is 4.41. The second kappa shape index (κ2) is 6.93. The van der Waals surface area contributed by atoms with Gasteiger partial charge in [-0.05, 0) is 31.9 Å². The lowest BCUT2D eigenvalue weighted by atomic mass is 9.84. The molecule has 2 rings (SSSR count). The van der Waals surface area contributed by atoms with Gasteiger partial charge in [-0.3, -0.25) is 4.68 Å². The van der Waals surface area contributed by atoms with Gasteiger partial charge in [0.1, 0.15) is 0 Å². The van der Waals surface area contributed by atoms with Gasteiger partial charge in [0.15, 0.2) is 0 Å². The van der Waals surface area contributed by atoms with Crippen molar-refractivity contribution in [1.29, 1.82) is 0 Å². The number of nitrogens with zero attached hydrogens (tertiary/aromatic N) is 2. The highest BCUT2D eigenvalue weighted by Gasteiger charge is 2.21. The zero-order valence-corrected chi connectivity index (χ0v) is 11.9. The fourth-order valence-electron chi connectivity index (χ4n) is 3.21. The molecular formula is C15H27N3. The smallest absolute Gasteiger partial charge is 0.0553 e. The molecule has 1 aromatic heterocycles. The Bertz CT molecular complexity index is 339. The lowest BCUT2D eigenvalue weighted by Crippen LogP contribution is -2.26. The van der Waals surface area contributed by atoms with Gasteiger partial charge in [0.05, 0.1) is 5.69 Å². The van der Waals surface area contributed by atoms with E-state index in [9.17, 15) is 0 Å². The third-order valence-electron chi connectivity index (χ3n) is 4.15. The summed E-state index contributed by atoms with van der Waals surface area (Å²) in [6.07, 6.45) is 10.3. The number of hydrogen-bond donors (Lipinski definition) is 1. The Balaban J connectivity index is 2.02. The highest BCUT2D eigenvalue weighted by molar-refractivity contribution is 5.07. The molecule has 1 fully saturated rings. The normalized spacial score (nSPS) is 19.0. The van der Waals surface area contributed by atoms with Crippen LogP contribution in [0.25, 0.3) is 0 Å². The molecule has 1 N–H and O–H groups in total. The maximum Gasteiger partial charge on any atom is 0.0553 e. The molecule has 0 aliphatic heterocycles. The molecule has 0 saturated heterocycles. The molecule has 1 aliphatic rings. The quantitative estimate of drug-likeness (QED) is 0.836. The van der Waals surface area contributed by atoms with Crippen LogP contribution in [0.4, 0.5) is 0 Å². The van der Waals surface area contributed by atoms with Crippen LogP contribution in [0.5, 0.6) is 0 Å². The Kier molecular flexibility index (Phi) is 5.24. The molecule has 1 aromatic rings. The molecule has 1 aliphatic carbocycles. The predicted molar refractivity (Wildman–Crippen MR) is 75.5 cm³/mol. The summed E-state index contributed by atoms with van der Waals surface area (Å²) in [5, 5.41) is 8.05. The van der Waals surface area contributed by atoms with Gasteiger partial charge in [-0.2, -0.15) is 5.10 Å². The van der Waals surface area contributed by atoms with E-state index in [1.807, 2.05) is 6.20 Å². The molecule has 1 saturated carbocycles. The van der Waals surface area contributed by atoms with Gasteiger partial charge in [0.2, 0.25) is 0 Å². The van der Waals surface area contributed by atoms with Crippen molar-refractivity contribution < 1.29 is 0 Å². The zero-order valence-electron chi connectivity index (χ0n) is 11.9. The topological polar surface area (TPSA) is 29.9 Å². The van der Waals surface area contributed by atoms with Gasteiger partial charge in [-0.25, -0.2) is 0 Å². The molecular weight excluding hydrogens is 222 g/mol. The van der Waals surface area contributed by atoms with Crippen molar-refractivity contribution in [3.8, 4) is 0 Å². The average Bonchev–Trinajstić information content (AvgIpc) is 2.87. The van der Waals surface area contributed by atoms with Gasteiger partial charge >= 0.3 is 0 Å². The van der Waals surface area contributed by atoms with E-state index in [-0.39, 0.29) is 0 Å². The summed E-state index contributed by atoms with van der Waals surface area (Å²) in [6.45, 7) is 6.36. The molecule has 0 aromatic carbocycles. The highest BCUT2D eigenvalue weighted by Crippen LogP contribution is 2.31.